The van der Waals surface area contributed by atoms with Gasteiger partial charge in [0.1, 0.15) is 5.78 Å². The van der Waals surface area contributed by atoms with Crippen LogP contribution in [0.25, 0.3) is 0 Å². The number of carbonyl (C=O) groups is 1. The molecule has 6 rings (SSSR count). The van der Waals surface area contributed by atoms with Crippen LogP contribution in [0.1, 0.15) is 83.7 Å². The lowest BCUT2D eigenvalue weighted by Gasteiger charge is -2.33. The molecule has 0 spiro atoms. The predicted molar refractivity (Wildman–Crippen MR) is 262 cm³/mol. The predicted octanol–water partition coefficient (Wildman–Crippen LogP) is 9.68. The molecule has 0 fully saturated rings. The largest absolute Gasteiger partial charge is 0.379 e. The molecule has 0 bridgehead atoms. The standard InChI is InChI=1S/C49H60Cl4N2O9S2/c1-54-31-44(42-27-37(50)29-48(52)46(42)33-54)35-9-3-13-40(25-35)65(57,58)23-7-17-63-21-19-61-15-5-11-39(56)12-6-16-62-20-22-64-18-8-24-66(59,60)41-14-4-10-36(26-41)45-32-55(2)34-47-43(45)28-38(51)30-49(47)53/h3-4,9-10,13-14,25-30,44-45H,5-8,11-12,15-24,31-34H2,1-2H3. The third-order valence-corrected chi connectivity index (χ3v) is 16.6. The van der Waals surface area contributed by atoms with E-state index >= 15 is 0 Å². The minimum atomic E-state index is -3.53. The first-order valence-corrected chi connectivity index (χ1v) is 27.2. The number of hydrogen-bond acceptors (Lipinski definition) is 11. The second kappa shape index (κ2) is 25.3. The summed E-state index contributed by atoms with van der Waals surface area (Å²) in [5.74, 6) is -0.0410. The molecule has 66 heavy (non-hydrogen) atoms. The van der Waals surface area contributed by atoms with E-state index in [2.05, 4.69) is 9.80 Å². The Labute approximate surface area is 410 Å². The molecular formula is C49H60Cl4N2O9S2. The molecule has 2 atom stereocenters. The number of ether oxygens (including phenoxy) is 4. The number of halogens is 4. The first-order valence-electron chi connectivity index (χ1n) is 22.4. The van der Waals surface area contributed by atoms with E-state index in [-0.39, 0.29) is 52.1 Å². The van der Waals surface area contributed by atoms with E-state index in [9.17, 15) is 21.6 Å². The maximum atomic E-state index is 13.2. The number of nitrogens with zero attached hydrogens (tertiary/aromatic N) is 2. The topological polar surface area (TPSA) is 129 Å². The van der Waals surface area contributed by atoms with Gasteiger partial charge in [-0.25, -0.2) is 16.8 Å². The van der Waals surface area contributed by atoms with Crippen LogP contribution in [0.2, 0.25) is 20.1 Å². The van der Waals surface area contributed by atoms with Crippen molar-refractivity contribution >= 4 is 71.9 Å². The van der Waals surface area contributed by atoms with Gasteiger partial charge in [-0.1, -0.05) is 70.7 Å². The maximum absolute atomic E-state index is 13.2. The summed E-state index contributed by atoms with van der Waals surface area (Å²) in [5.41, 5.74) is 5.88. The Bertz CT molecular complexity index is 2320. The zero-order chi connectivity index (χ0) is 47.3. The Morgan fingerprint density at radius 3 is 1.32 bits per heavy atom. The first-order chi connectivity index (χ1) is 31.6. The van der Waals surface area contributed by atoms with Crippen LogP contribution < -0.4 is 0 Å². The number of benzene rings is 4. The number of rotatable bonds is 26. The fourth-order valence-corrected chi connectivity index (χ4v) is 12.4. The zero-order valence-electron chi connectivity index (χ0n) is 37.6. The Morgan fingerprint density at radius 2 is 0.924 bits per heavy atom. The molecule has 11 nitrogen and oxygen atoms in total. The summed E-state index contributed by atoms with van der Waals surface area (Å²) < 4.78 is 75.5. The minimum absolute atomic E-state index is 0.0352. The van der Waals surface area contributed by atoms with Gasteiger partial charge in [0.05, 0.1) is 47.7 Å². The maximum Gasteiger partial charge on any atom is 0.178 e. The third-order valence-electron chi connectivity index (χ3n) is 11.9. The first kappa shape index (κ1) is 52.7. The van der Waals surface area contributed by atoms with Crippen molar-refractivity contribution in [3.8, 4) is 0 Å². The Hall–Kier alpha value is -2.63. The normalized spacial score (nSPS) is 16.9. The van der Waals surface area contributed by atoms with Crippen molar-refractivity contribution in [3.63, 3.8) is 0 Å². The van der Waals surface area contributed by atoms with Crippen LogP contribution in [-0.4, -0.2) is 124 Å². The Morgan fingerprint density at radius 1 is 0.545 bits per heavy atom. The Balaban J connectivity index is 0.760. The quantitative estimate of drug-likeness (QED) is 0.0558. The zero-order valence-corrected chi connectivity index (χ0v) is 42.3. The van der Waals surface area contributed by atoms with Crippen molar-refractivity contribution in [1.82, 2.24) is 9.80 Å². The molecule has 0 aromatic heterocycles. The van der Waals surface area contributed by atoms with Crippen LogP contribution in [0.5, 0.6) is 0 Å². The van der Waals surface area contributed by atoms with Crippen molar-refractivity contribution in [3.05, 3.63) is 126 Å². The van der Waals surface area contributed by atoms with Crippen molar-refractivity contribution in [2.24, 2.45) is 0 Å². The van der Waals surface area contributed by atoms with E-state index in [1.165, 1.54) is 0 Å². The van der Waals surface area contributed by atoms with Gasteiger partial charge in [0.2, 0.25) is 0 Å². The molecule has 2 unspecified atom stereocenters. The van der Waals surface area contributed by atoms with Gasteiger partial charge < -0.3 is 28.7 Å². The van der Waals surface area contributed by atoms with Crippen LogP contribution in [-0.2, 0) is 56.5 Å². The number of carbonyl (C=O) groups excluding carboxylic acids is 1. The summed E-state index contributed by atoms with van der Waals surface area (Å²) in [5, 5.41) is 2.35. The molecule has 0 N–H and O–H groups in total. The highest BCUT2D eigenvalue weighted by molar-refractivity contribution is 7.91. The summed E-state index contributed by atoms with van der Waals surface area (Å²) in [6, 6.07) is 21.6. The smallest absolute Gasteiger partial charge is 0.178 e. The molecule has 360 valence electrons. The molecule has 0 amide bonds. The average Bonchev–Trinajstić information content (AvgIpc) is 3.27. The van der Waals surface area contributed by atoms with Gasteiger partial charge in [-0.2, -0.15) is 0 Å². The highest BCUT2D eigenvalue weighted by Crippen LogP contribution is 2.40. The van der Waals surface area contributed by atoms with E-state index in [4.69, 9.17) is 65.4 Å². The van der Waals surface area contributed by atoms with Crippen LogP contribution in [0, 0.1) is 0 Å². The van der Waals surface area contributed by atoms with Gasteiger partial charge in [-0.3, -0.25) is 4.79 Å². The van der Waals surface area contributed by atoms with E-state index in [1.54, 1.807) is 48.5 Å². The Kier molecular flexibility index (Phi) is 20.2. The summed E-state index contributed by atoms with van der Waals surface area (Å²) in [6.07, 6.45) is 2.74. The van der Waals surface area contributed by atoms with Crippen LogP contribution in [0.15, 0.2) is 82.6 Å². The van der Waals surface area contributed by atoms with Gasteiger partial charge in [0, 0.05) is 97.4 Å². The highest BCUT2D eigenvalue weighted by atomic mass is 35.5. The van der Waals surface area contributed by atoms with E-state index in [0.717, 1.165) is 46.5 Å². The molecule has 2 aliphatic rings. The lowest BCUT2D eigenvalue weighted by molar-refractivity contribution is -0.119. The molecule has 2 aliphatic heterocycles. The molecule has 0 radical (unpaired) electrons. The molecule has 2 heterocycles. The number of Topliss-reactive ketones (excluding diaryl/α,β-unsaturated/α-hetero) is 1. The molecule has 4 aromatic rings. The third kappa shape index (κ3) is 15.2. The summed E-state index contributed by atoms with van der Waals surface area (Å²) in [4.78, 5) is 17.2. The number of ketones is 1. The van der Waals surface area contributed by atoms with Crippen LogP contribution in [0.4, 0.5) is 0 Å². The van der Waals surface area contributed by atoms with Gasteiger partial charge in [-0.05, 0) is 122 Å². The number of sulfone groups is 2. The van der Waals surface area contributed by atoms with Crippen LogP contribution >= 0.6 is 46.4 Å². The number of likely N-dealkylation sites (N-methyl/N-ethyl adjacent to an activating group) is 2. The fourth-order valence-electron chi connectivity index (χ4n) is 8.56. The van der Waals surface area contributed by atoms with Crippen molar-refractivity contribution in [2.45, 2.75) is 73.2 Å². The second-order valence-electron chi connectivity index (χ2n) is 17.1. The molecule has 0 saturated heterocycles. The highest BCUT2D eigenvalue weighted by Gasteiger charge is 2.30. The molecule has 4 aromatic carbocycles. The van der Waals surface area contributed by atoms with Gasteiger partial charge in [-0.15, -0.1) is 0 Å². The van der Waals surface area contributed by atoms with Gasteiger partial charge >= 0.3 is 0 Å². The van der Waals surface area contributed by atoms with E-state index in [1.807, 2.05) is 38.4 Å². The molecule has 0 aliphatic carbocycles. The fraction of sp³-hybridized carbons (Fsp3) is 0.490. The van der Waals surface area contributed by atoms with E-state index < -0.39 is 19.7 Å². The number of fused-ring (bicyclic) bond motifs is 2. The molecule has 17 heteroatoms. The van der Waals surface area contributed by atoms with Gasteiger partial charge in [0.25, 0.3) is 0 Å². The lowest BCUT2D eigenvalue weighted by atomic mass is 9.85. The minimum Gasteiger partial charge on any atom is -0.379 e. The SMILES string of the molecule is CN1Cc2c(Cl)cc(Cl)cc2C(c2cccc(S(=O)(=O)CCCOCCOCCCC(=O)CCCOCCOCCCS(=O)(=O)c3cccc(C4CN(C)Cc5c(Cl)cc(Cl)cc54)c3)c2)C1. The van der Waals surface area contributed by atoms with Crippen molar-refractivity contribution in [2.75, 3.05) is 91.5 Å². The lowest BCUT2D eigenvalue weighted by Crippen LogP contribution is -2.31. The van der Waals surface area contributed by atoms with Crippen LogP contribution in [0.3, 0.4) is 0 Å². The average molecular weight is 1030 g/mol. The number of hydrogen-bond donors (Lipinski definition) is 0. The summed E-state index contributed by atoms with van der Waals surface area (Å²) >= 11 is 25.7. The molecular weight excluding hydrogens is 966 g/mol. The van der Waals surface area contributed by atoms with E-state index in [0.29, 0.717) is 111 Å². The summed E-state index contributed by atoms with van der Waals surface area (Å²) in [6.45, 7) is 5.66. The second-order valence-corrected chi connectivity index (χ2v) is 23.0. The van der Waals surface area contributed by atoms with Crippen molar-refractivity contribution in [1.29, 1.82) is 0 Å². The van der Waals surface area contributed by atoms with Crippen molar-refractivity contribution < 1.29 is 40.6 Å². The van der Waals surface area contributed by atoms with Gasteiger partial charge in [0.15, 0.2) is 19.7 Å². The monoisotopic (exact) mass is 1020 g/mol. The summed E-state index contributed by atoms with van der Waals surface area (Å²) in [7, 11) is -3.01. The molecule has 0 saturated carbocycles.